The van der Waals surface area contributed by atoms with E-state index in [1.165, 1.54) is 0 Å². The molecular formula is C12H20N2O. The molecule has 3 nitrogen and oxygen atoms in total. The first-order valence-electron chi connectivity index (χ1n) is 5.45. The Bertz CT molecular complexity index is 382. The number of rotatable bonds is 4. The van der Waals surface area contributed by atoms with E-state index in [9.17, 15) is 4.79 Å². The highest BCUT2D eigenvalue weighted by Gasteiger charge is 2.04. The molecule has 1 atom stereocenters. The Kier molecular flexibility index (Phi) is 4.09. The first kappa shape index (κ1) is 12.0. The Hall–Kier alpha value is -1.09. The molecule has 1 rings (SSSR count). The standard InChI is InChI=1S/C12H20N2O/c1-5-9(2)13-8-11-7-6-10(3)14(4)12(11)15/h6-7,9,13H,5,8H2,1-4H3. The van der Waals surface area contributed by atoms with Gasteiger partial charge in [-0.25, -0.2) is 0 Å². The molecule has 0 aliphatic heterocycles. The van der Waals surface area contributed by atoms with Crippen LogP contribution in [-0.4, -0.2) is 10.6 Å². The van der Waals surface area contributed by atoms with Gasteiger partial charge in [0.25, 0.3) is 5.56 Å². The Morgan fingerprint density at radius 3 is 2.73 bits per heavy atom. The summed E-state index contributed by atoms with van der Waals surface area (Å²) in [4.78, 5) is 11.8. The van der Waals surface area contributed by atoms with Crippen LogP contribution in [0.5, 0.6) is 0 Å². The molecule has 15 heavy (non-hydrogen) atoms. The molecule has 0 amide bonds. The van der Waals surface area contributed by atoms with Crippen molar-refractivity contribution in [3.63, 3.8) is 0 Å². The van der Waals surface area contributed by atoms with Gasteiger partial charge in [0.2, 0.25) is 0 Å². The molecule has 0 aliphatic carbocycles. The molecule has 0 bridgehead atoms. The zero-order chi connectivity index (χ0) is 11.4. The fourth-order valence-electron chi connectivity index (χ4n) is 1.34. The molecule has 1 aromatic rings. The lowest BCUT2D eigenvalue weighted by Crippen LogP contribution is -2.30. The molecule has 1 unspecified atom stereocenters. The van der Waals surface area contributed by atoms with Crippen molar-refractivity contribution < 1.29 is 0 Å². The average molecular weight is 208 g/mol. The van der Waals surface area contributed by atoms with Crippen LogP contribution in [0.2, 0.25) is 0 Å². The van der Waals surface area contributed by atoms with Gasteiger partial charge in [-0.15, -0.1) is 0 Å². The fourth-order valence-corrected chi connectivity index (χ4v) is 1.34. The Labute approximate surface area is 91.1 Å². The minimum Gasteiger partial charge on any atom is -0.316 e. The van der Waals surface area contributed by atoms with Crippen LogP contribution in [0.1, 0.15) is 31.5 Å². The zero-order valence-corrected chi connectivity index (χ0v) is 10.0. The Morgan fingerprint density at radius 2 is 2.13 bits per heavy atom. The molecule has 0 aliphatic rings. The molecule has 84 valence electrons. The molecule has 0 spiro atoms. The molecular weight excluding hydrogens is 188 g/mol. The zero-order valence-electron chi connectivity index (χ0n) is 10.0. The number of nitrogens with one attached hydrogen (secondary N) is 1. The van der Waals surface area contributed by atoms with Crippen LogP contribution in [0.25, 0.3) is 0 Å². The van der Waals surface area contributed by atoms with Crippen molar-refractivity contribution in [1.29, 1.82) is 0 Å². The van der Waals surface area contributed by atoms with Crippen LogP contribution >= 0.6 is 0 Å². The lowest BCUT2D eigenvalue weighted by Gasteiger charge is -2.12. The lowest BCUT2D eigenvalue weighted by atomic mass is 10.2. The number of hydrogen-bond acceptors (Lipinski definition) is 2. The van der Waals surface area contributed by atoms with Crippen molar-refractivity contribution in [2.24, 2.45) is 7.05 Å². The van der Waals surface area contributed by atoms with Crippen molar-refractivity contribution in [3.05, 3.63) is 33.7 Å². The van der Waals surface area contributed by atoms with Crippen LogP contribution in [-0.2, 0) is 13.6 Å². The minimum atomic E-state index is 0.103. The van der Waals surface area contributed by atoms with E-state index >= 15 is 0 Å². The second-order valence-corrected chi connectivity index (χ2v) is 4.05. The van der Waals surface area contributed by atoms with Gasteiger partial charge in [-0.2, -0.15) is 0 Å². The van der Waals surface area contributed by atoms with E-state index < -0.39 is 0 Å². The summed E-state index contributed by atoms with van der Waals surface area (Å²) in [5.41, 5.74) is 1.93. The van der Waals surface area contributed by atoms with E-state index in [2.05, 4.69) is 19.2 Å². The number of nitrogens with zero attached hydrogens (tertiary/aromatic N) is 1. The van der Waals surface area contributed by atoms with Crippen LogP contribution in [0.4, 0.5) is 0 Å². The molecule has 0 fully saturated rings. The minimum absolute atomic E-state index is 0.103. The van der Waals surface area contributed by atoms with Crippen LogP contribution in [0.3, 0.4) is 0 Å². The van der Waals surface area contributed by atoms with E-state index in [0.29, 0.717) is 12.6 Å². The van der Waals surface area contributed by atoms with Crippen LogP contribution < -0.4 is 10.9 Å². The van der Waals surface area contributed by atoms with Crippen LogP contribution in [0, 0.1) is 6.92 Å². The summed E-state index contributed by atoms with van der Waals surface area (Å²) in [5.74, 6) is 0. The molecule has 1 heterocycles. The van der Waals surface area contributed by atoms with Gasteiger partial charge in [0.15, 0.2) is 0 Å². The summed E-state index contributed by atoms with van der Waals surface area (Å²) in [5, 5.41) is 3.32. The fraction of sp³-hybridized carbons (Fsp3) is 0.583. The summed E-state index contributed by atoms with van der Waals surface area (Å²) < 4.78 is 1.69. The molecule has 0 saturated heterocycles. The quantitative estimate of drug-likeness (QED) is 0.815. The van der Waals surface area contributed by atoms with Gasteiger partial charge in [0.1, 0.15) is 0 Å². The van der Waals surface area contributed by atoms with E-state index in [4.69, 9.17) is 0 Å². The van der Waals surface area contributed by atoms with Gasteiger partial charge in [0.05, 0.1) is 0 Å². The SMILES string of the molecule is CCC(C)NCc1ccc(C)n(C)c1=O. The van der Waals surface area contributed by atoms with Crippen molar-refractivity contribution in [1.82, 2.24) is 9.88 Å². The first-order valence-corrected chi connectivity index (χ1v) is 5.45. The van der Waals surface area contributed by atoms with E-state index in [1.807, 2.05) is 26.1 Å². The van der Waals surface area contributed by atoms with Gasteiger partial charge in [-0.1, -0.05) is 13.0 Å². The third-order valence-corrected chi connectivity index (χ3v) is 2.89. The number of pyridine rings is 1. The second-order valence-electron chi connectivity index (χ2n) is 4.05. The maximum atomic E-state index is 11.8. The molecule has 0 radical (unpaired) electrons. The summed E-state index contributed by atoms with van der Waals surface area (Å²) in [6.45, 7) is 6.85. The molecule has 1 aromatic heterocycles. The van der Waals surface area contributed by atoms with E-state index in [1.54, 1.807) is 4.57 Å². The van der Waals surface area contributed by atoms with Gasteiger partial charge in [-0.3, -0.25) is 4.79 Å². The Balaban J connectivity index is 2.79. The third-order valence-electron chi connectivity index (χ3n) is 2.89. The van der Waals surface area contributed by atoms with E-state index in [-0.39, 0.29) is 5.56 Å². The monoisotopic (exact) mass is 208 g/mol. The van der Waals surface area contributed by atoms with Crippen LogP contribution in [0.15, 0.2) is 16.9 Å². The van der Waals surface area contributed by atoms with Crippen molar-refractivity contribution >= 4 is 0 Å². The molecule has 3 heteroatoms. The maximum absolute atomic E-state index is 11.8. The largest absolute Gasteiger partial charge is 0.316 e. The smallest absolute Gasteiger partial charge is 0.254 e. The molecule has 0 aromatic carbocycles. The van der Waals surface area contributed by atoms with Crippen molar-refractivity contribution in [2.45, 2.75) is 39.8 Å². The first-order chi connectivity index (χ1) is 7.06. The number of aromatic nitrogens is 1. The number of hydrogen-bond donors (Lipinski definition) is 1. The van der Waals surface area contributed by atoms with Gasteiger partial charge in [0, 0.05) is 30.9 Å². The van der Waals surface area contributed by atoms with E-state index in [0.717, 1.165) is 17.7 Å². The van der Waals surface area contributed by atoms with Gasteiger partial charge < -0.3 is 9.88 Å². The molecule has 0 saturated carbocycles. The average Bonchev–Trinajstić information content (AvgIpc) is 2.24. The van der Waals surface area contributed by atoms with Crippen molar-refractivity contribution in [2.75, 3.05) is 0 Å². The Morgan fingerprint density at radius 1 is 1.47 bits per heavy atom. The van der Waals surface area contributed by atoms with Crippen molar-refractivity contribution in [3.8, 4) is 0 Å². The summed E-state index contributed by atoms with van der Waals surface area (Å²) in [7, 11) is 1.81. The maximum Gasteiger partial charge on any atom is 0.254 e. The predicted molar refractivity (Wildman–Crippen MR) is 63.0 cm³/mol. The summed E-state index contributed by atoms with van der Waals surface area (Å²) in [6, 6.07) is 4.35. The van der Waals surface area contributed by atoms with Gasteiger partial charge in [-0.05, 0) is 26.3 Å². The second kappa shape index (κ2) is 5.12. The highest BCUT2D eigenvalue weighted by Crippen LogP contribution is 1.97. The third kappa shape index (κ3) is 2.93. The lowest BCUT2D eigenvalue weighted by molar-refractivity contribution is 0.530. The summed E-state index contributed by atoms with van der Waals surface area (Å²) in [6.07, 6.45) is 1.08. The summed E-state index contributed by atoms with van der Waals surface area (Å²) >= 11 is 0. The topological polar surface area (TPSA) is 34.0 Å². The normalized spacial score (nSPS) is 12.8. The highest BCUT2D eigenvalue weighted by molar-refractivity contribution is 5.15. The van der Waals surface area contributed by atoms with Gasteiger partial charge >= 0.3 is 0 Å². The molecule has 1 N–H and O–H groups in total. The number of aryl methyl sites for hydroxylation is 1. The predicted octanol–water partition coefficient (Wildman–Crippen LogP) is 1.58. The highest BCUT2D eigenvalue weighted by atomic mass is 16.1.